The summed E-state index contributed by atoms with van der Waals surface area (Å²) in [4.78, 5) is 11.8. The molecule has 1 rings (SSSR count). The van der Waals surface area contributed by atoms with Gasteiger partial charge in [0.2, 0.25) is 10.0 Å². The monoisotopic (exact) mass is 368 g/mol. The second kappa shape index (κ2) is 7.23. The number of benzene rings is 1. The number of hydrogen-bond donors (Lipinski definition) is 2. The van der Waals surface area contributed by atoms with Crippen LogP contribution < -0.4 is 10.0 Å². The Morgan fingerprint density at radius 1 is 1.42 bits per heavy atom. The molecule has 0 radical (unpaired) electrons. The predicted octanol–water partition coefficient (Wildman–Crippen LogP) is 1.77. The van der Waals surface area contributed by atoms with Crippen LogP contribution in [0.5, 0.6) is 0 Å². The highest BCUT2D eigenvalue weighted by Gasteiger charge is 2.13. The van der Waals surface area contributed by atoms with Crippen molar-refractivity contribution in [1.82, 2.24) is 10.0 Å². The molecule has 0 spiro atoms. The topological polar surface area (TPSA) is 75.3 Å². The minimum absolute atomic E-state index is 0.0248. The first kappa shape index (κ1) is 16.4. The molecule has 0 fully saturated rings. The second-order valence-electron chi connectivity index (χ2n) is 3.67. The fourth-order valence-corrected chi connectivity index (χ4v) is 2.90. The molecule has 0 saturated heterocycles. The molecule has 8 heteroatoms. The first-order chi connectivity index (χ1) is 8.87. The van der Waals surface area contributed by atoms with Gasteiger partial charge < -0.3 is 5.32 Å². The van der Waals surface area contributed by atoms with Gasteiger partial charge in [0, 0.05) is 17.6 Å². The first-order valence-electron chi connectivity index (χ1n) is 5.57. The van der Waals surface area contributed by atoms with Gasteiger partial charge in [-0.3, -0.25) is 4.79 Å². The Hall–Kier alpha value is -0.630. The second-order valence-corrected chi connectivity index (χ2v) is 6.83. The first-order valence-corrected chi connectivity index (χ1v) is 8.39. The lowest BCUT2D eigenvalue weighted by molar-refractivity contribution is 0.0956. The summed E-state index contributed by atoms with van der Waals surface area (Å²) in [6, 6.07) is 4.97. The fraction of sp³-hybridized carbons (Fsp3) is 0.364. The predicted molar refractivity (Wildman–Crippen MR) is 78.9 cm³/mol. The molecule has 106 valence electrons. The third kappa shape index (κ3) is 5.10. The number of rotatable bonds is 6. The van der Waals surface area contributed by atoms with Gasteiger partial charge in [-0.2, -0.15) is 0 Å². The van der Waals surface area contributed by atoms with E-state index in [2.05, 4.69) is 26.0 Å². The fourth-order valence-electron chi connectivity index (χ4n) is 1.37. The molecular weight excluding hydrogens is 356 g/mol. The zero-order valence-electron chi connectivity index (χ0n) is 10.2. The summed E-state index contributed by atoms with van der Waals surface area (Å²) in [7, 11) is -3.33. The summed E-state index contributed by atoms with van der Waals surface area (Å²) in [5.41, 5.74) is 0.303. The standard InChI is InChI=1S/C11H14BrClN2O3S/c1-2-15-19(17,18)7-6-14-11(16)8-4-3-5-9(12)10(8)13/h3-5,15H,2,6-7H2,1H3,(H,14,16). The lowest BCUT2D eigenvalue weighted by atomic mass is 10.2. The molecule has 0 atom stereocenters. The van der Waals surface area contributed by atoms with Gasteiger partial charge in [0.05, 0.1) is 16.3 Å². The SMILES string of the molecule is CCNS(=O)(=O)CCNC(=O)c1cccc(Br)c1Cl. The third-order valence-corrected chi connectivity index (χ3v) is 4.98. The van der Waals surface area contributed by atoms with E-state index < -0.39 is 15.9 Å². The van der Waals surface area contributed by atoms with Crippen LogP contribution in [-0.4, -0.2) is 33.2 Å². The van der Waals surface area contributed by atoms with Gasteiger partial charge in [-0.05, 0) is 28.1 Å². The zero-order chi connectivity index (χ0) is 14.5. The van der Waals surface area contributed by atoms with E-state index in [-0.39, 0.29) is 12.3 Å². The van der Waals surface area contributed by atoms with Crippen LogP contribution in [-0.2, 0) is 10.0 Å². The van der Waals surface area contributed by atoms with Crippen LogP contribution in [0.4, 0.5) is 0 Å². The highest BCUT2D eigenvalue weighted by atomic mass is 79.9. The average molecular weight is 370 g/mol. The molecule has 0 bridgehead atoms. The smallest absolute Gasteiger partial charge is 0.252 e. The van der Waals surface area contributed by atoms with E-state index in [9.17, 15) is 13.2 Å². The van der Waals surface area contributed by atoms with Gasteiger partial charge in [-0.15, -0.1) is 0 Å². The van der Waals surface area contributed by atoms with Gasteiger partial charge in [-0.1, -0.05) is 24.6 Å². The van der Waals surface area contributed by atoms with E-state index in [1.54, 1.807) is 25.1 Å². The molecule has 0 aliphatic carbocycles. The molecule has 1 aromatic carbocycles. The molecule has 5 nitrogen and oxygen atoms in total. The molecule has 0 saturated carbocycles. The number of carbonyl (C=O) groups excluding carboxylic acids is 1. The minimum Gasteiger partial charge on any atom is -0.351 e. The quantitative estimate of drug-likeness (QED) is 0.802. The van der Waals surface area contributed by atoms with Crippen molar-refractivity contribution < 1.29 is 13.2 Å². The van der Waals surface area contributed by atoms with Crippen molar-refractivity contribution in [3.05, 3.63) is 33.3 Å². The van der Waals surface area contributed by atoms with Crippen LogP contribution in [0.2, 0.25) is 5.02 Å². The molecule has 2 N–H and O–H groups in total. The summed E-state index contributed by atoms with van der Waals surface area (Å²) in [5.74, 6) is -0.573. The lowest BCUT2D eigenvalue weighted by Crippen LogP contribution is -2.34. The molecular formula is C11H14BrClN2O3S. The molecule has 0 aromatic heterocycles. The maximum Gasteiger partial charge on any atom is 0.252 e. The molecule has 0 heterocycles. The van der Waals surface area contributed by atoms with Crippen LogP contribution in [0.3, 0.4) is 0 Å². The highest BCUT2D eigenvalue weighted by Crippen LogP contribution is 2.25. The normalized spacial score (nSPS) is 11.3. The van der Waals surface area contributed by atoms with Crippen molar-refractivity contribution in [3.8, 4) is 0 Å². The number of carbonyl (C=O) groups is 1. The van der Waals surface area contributed by atoms with Crippen molar-refractivity contribution >= 4 is 43.5 Å². The van der Waals surface area contributed by atoms with Crippen molar-refractivity contribution in [1.29, 1.82) is 0 Å². The lowest BCUT2D eigenvalue weighted by Gasteiger charge is -2.08. The van der Waals surface area contributed by atoms with E-state index in [1.165, 1.54) is 0 Å². The van der Waals surface area contributed by atoms with Gasteiger partial charge >= 0.3 is 0 Å². The minimum atomic E-state index is -3.33. The average Bonchev–Trinajstić information content (AvgIpc) is 2.32. The van der Waals surface area contributed by atoms with Crippen molar-refractivity contribution in [2.24, 2.45) is 0 Å². The Morgan fingerprint density at radius 3 is 2.74 bits per heavy atom. The number of halogens is 2. The van der Waals surface area contributed by atoms with E-state index in [1.807, 2.05) is 0 Å². The molecule has 0 unspecified atom stereocenters. The maximum absolute atomic E-state index is 11.8. The van der Waals surface area contributed by atoms with E-state index in [0.29, 0.717) is 21.6 Å². The Kier molecular flexibility index (Phi) is 6.25. The Bertz CT molecular complexity index is 563. The van der Waals surface area contributed by atoms with Crippen LogP contribution in [0, 0.1) is 0 Å². The Labute approximate surface area is 125 Å². The van der Waals surface area contributed by atoms with Crippen LogP contribution in [0.15, 0.2) is 22.7 Å². The summed E-state index contributed by atoms with van der Waals surface area (Å²) in [5, 5.41) is 2.82. The molecule has 1 amide bonds. The van der Waals surface area contributed by atoms with E-state index in [0.717, 1.165) is 0 Å². The number of amides is 1. The summed E-state index contributed by atoms with van der Waals surface area (Å²) in [6.07, 6.45) is 0. The number of nitrogens with one attached hydrogen (secondary N) is 2. The van der Waals surface area contributed by atoms with Gasteiger partial charge in [0.1, 0.15) is 0 Å². The van der Waals surface area contributed by atoms with Gasteiger partial charge in [0.25, 0.3) is 5.91 Å². The molecule has 0 aliphatic heterocycles. The number of sulfonamides is 1. The van der Waals surface area contributed by atoms with Crippen LogP contribution in [0.1, 0.15) is 17.3 Å². The molecule has 0 aliphatic rings. The molecule has 1 aromatic rings. The van der Waals surface area contributed by atoms with E-state index >= 15 is 0 Å². The largest absolute Gasteiger partial charge is 0.351 e. The summed E-state index contributed by atoms with van der Waals surface area (Å²) in [6.45, 7) is 2.04. The number of hydrogen-bond acceptors (Lipinski definition) is 3. The highest BCUT2D eigenvalue weighted by molar-refractivity contribution is 9.10. The van der Waals surface area contributed by atoms with Crippen molar-refractivity contribution in [3.63, 3.8) is 0 Å². The van der Waals surface area contributed by atoms with Crippen molar-refractivity contribution in [2.45, 2.75) is 6.92 Å². The van der Waals surface area contributed by atoms with E-state index in [4.69, 9.17) is 11.6 Å². The molecule has 19 heavy (non-hydrogen) atoms. The third-order valence-electron chi connectivity index (χ3n) is 2.22. The van der Waals surface area contributed by atoms with Crippen LogP contribution >= 0.6 is 27.5 Å². The Morgan fingerprint density at radius 2 is 2.11 bits per heavy atom. The summed E-state index contributed by atoms with van der Waals surface area (Å²) < 4.78 is 25.7. The van der Waals surface area contributed by atoms with Gasteiger partial charge in [0.15, 0.2) is 0 Å². The van der Waals surface area contributed by atoms with Gasteiger partial charge in [-0.25, -0.2) is 13.1 Å². The van der Waals surface area contributed by atoms with Crippen molar-refractivity contribution in [2.75, 3.05) is 18.8 Å². The zero-order valence-corrected chi connectivity index (χ0v) is 13.4. The van der Waals surface area contributed by atoms with Crippen LogP contribution in [0.25, 0.3) is 0 Å². The summed E-state index contributed by atoms with van der Waals surface area (Å²) >= 11 is 9.19. The Balaban J connectivity index is 2.60. The maximum atomic E-state index is 11.8.